The summed E-state index contributed by atoms with van der Waals surface area (Å²) in [7, 11) is 0. The Morgan fingerprint density at radius 1 is 1.31 bits per heavy atom. The standard InChI is InChI=1S/C14H20N2/c1-12(2)10-16-14(3,11-15)9-13-7-5-4-6-8-13/h4-8,12,16H,9-10H2,1-3H3. The van der Waals surface area contributed by atoms with E-state index in [0.29, 0.717) is 5.92 Å². The maximum absolute atomic E-state index is 9.25. The largest absolute Gasteiger partial charge is 0.299 e. The molecular weight excluding hydrogens is 196 g/mol. The second kappa shape index (κ2) is 5.67. The Labute approximate surface area is 98.3 Å². The molecule has 0 amide bonds. The van der Waals surface area contributed by atoms with E-state index in [-0.39, 0.29) is 0 Å². The molecule has 0 aliphatic heterocycles. The van der Waals surface area contributed by atoms with Crippen molar-refractivity contribution in [1.29, 1.82) is 5.26 Å². The van der Waals surface area contributed by atoms with Crippen LogP contribution in [0.5, 0.6) is 0 Å². The van der Waals surface area contributed by atoms with E-state index in [0.717, 1.165) is 13.0 Å². The lowest BCUT2D eigenvalue weighted by atomic mass is 9.94. The summed E-state index contributed by atoms with van der Waals surface area (Å²) in [6.07, 6.45) is 0.747. The van der Waals surface area contributed by atoms with Gasteiger partial charge in [0.2, 0.25) is 0 Å². The molecule has 16 heavy (non-hydrogen) atoms. The summed E-state index contributed by atoms with van der Waals surface area (Å²) in [4.78, 5) is 0. The van der Waals surface area contributed by atoms with Crippen molar-refractivity contribution >= 4 is 0 Å². The average molecular weight is 216 g/mol. The van der Waals surface area contributed by atoms with Crippen LogP contribution < -0.4 is 5.32 Å². The van der Waals surface area contributed by atoms with Gasteiger partial charge in [0.05, 0.1) is 6.07 Å². The molecule has 1 N–H and O–H groups in total. The summed E-state index contributed by atoms with van der Waals surface area (Å²) in [6, 6.07) is 12.5. The van der Waals surface area contributed by atoms with E-state index >= 15 is 0 Å². The molecule has 1 unspecified atom stereocenters. The molecule has 0 heterocycles. The topological polar surface area (TPSA) is 35.8 Å². The van der Waals surface area contributed by atoms with Crippen LogP contribution in [0.2, 0.25) is 0 Å². The molecule has 0 spiro atoms. The quantitative estimate of drug-likeness (QED) is 0.821. The van der Waals surface area contributed by atoms with Crippen LogP contribution in [0.1, 0.15) is 26.3 Å². The van der Waals surface area contributed by atoms with Gasteiger partial charge in [-0.25, -0.2) is 0 Å². The van der Waals surface area contributed by atoms with Gasteiger partial charge in [-0.15, -0.1) is 0 Å². The predicted octanol–water partition coefficient (Wildman–Crippen LogP) is 2.76. The summed E-state index contributed by atoms with van der Waals surface area (Å²) >= 11 is 0. The minimum absolute atomic E-state index is 0.467. The second-order valence-electron chi connectivity index (χ2n) is 4.88. The Morgan fingerprint density at radius 2 is 1.94 bits per heavy atom. The number of benzene rings is 1. The zero-order chi connectivity index (χ0) is 12.0. The maximum atomic E-state index is 9.25. The normalized spacial score (nSPS) is 14.4. The van der Waals surface area contributed by atoms with E-state index in [4.69, 9.17) is 0 Å². The molecule has 0 radical (unpaired) electrons. The molecular formula is C14H20N2. The molecule has 0 saturated carbocycles. The van der Waals surface area contributed by atoms with Gasteiger partial charge < -0.3 is 0 Å². The highest BCUT2D eigenvalue weighted by Gasteiger charge is 2.23. The van der Waals surface area contributed by atoms with E-state index in [2.05, 4.69) is 37.4 Å². The third-order valence-corrected chi connectivity index (χ3v) is 2.55. The number of nitrogens with zero attached hydrogens (tertiary/aromatic N) is 1. The summed E-state index contributed by atoms with van der Waals surface area (Å²) in [6.45, 7) is 7.12. The van der Waals surface area contributed by atoms with E-state index in [1.54, 1.807) is 0 Å². The fraction of sp³-hybridized carbons (Fsp3) is 0.500. The van der Waals surface area contributed by atoms with Crippen LogP contribution in [0.25, 0.3) is 0 Å². The van der Waals surface area contributed by atoms with Crippen LogP contribution in [0.3, 0.4) is 0 Å². The zero-order valence-electron chi connectivity index (χ0n) is 10.3. The minimum Gasteiger partial charge on any atom is -0.299 e. The highest BCUT2D eigenvalue weighted by atomic mass is 15.0. The van der Waals surface area contributed by atoms with Gasteiger partial charge >= 0.3 is 0 Å². The third-order valence-electron chi connectivity index (χ3n) is 2.55. The molecule has 0 bridgehead atoms. The lowest BCUT2D eigenvalue weighted by Gasteiger charge is -2.24. The van der Waals surface area contributed by atoms with E-state index in [9.17, 15) is 5.26 Å². The van der Waals surface area contributed by atoms with Gasteiger partial charge in [-0.2, -0.15) is 5.26 Å². The number of hydrogen-bond acceptors (Lipinski definition) is 2. The number of nitriles is 1. The summed E-state index contributed by atoms with van der Waals surface area (Å²) in [5.41, 5.74) is 0.730. The maximum Gasteiger partial charge on any atom is 0.107 e. The fourth-order valence-corrected chi connectivity index (χ4v) is 1.58. The van der Waals surface area contributed by atoms with Crippen LogP contribution in [0, 0.1) is 17.2 Å². The van der Waals surface area contributed by atoms with E-state index in [1.807, 2.05) is 25.1 Å². The average Bonchev–Trinajstić information content (AvgIpc) is 2.28. The Balaban J connectivity index is 2.64. The van der Waals surface area contributed by atoms with Crippen LogP contribution in [0.15, 0.2) is 30.3 Å². The lowest BCUT2D eigenvalue weighted by Crippen LogP contribution is -2.44. The molecule has 86 valence electrons. The summed E-state index contributed by atoms with van der Waals surface area (Å²) < 4.78 is 0. The molecule has 0 aliphatic rings. The first kappa shape index (κ1) is 12.7. The van der Waals surface area contributed by atoms with Crippen LogP contribution in [0.4, 0.5) is 0 Å². The first-order chi connectivity index (χ1) is 7.56. The Hall–Kier alpha value is -1.33. The Kier molecular flexibility index (Phi) is 4.52. The van der Waals surface area contributed by atoms with Crippen molar-refractivity contribution < 1.29 is 0 Å². The van der Waals surface area contributed by atoms with E-state index < -0.39 is 5.54 Å². The number of hydrogen-bond donors (Lipinski definition) is 1. The van der Waals surface area contributed by atoms with Gasteiger partial charge in [-0.05, 0) is 24.9 Å². The smallest absolute Gasteiger partial charge is 0.107 e. The molecule has 0 saturated heterocycles. The molecule has 2 heteroatoms. The van der Waals surface area contributed by atoms with Crippen molar-refractivity contribution in [2.75, 3.05) is 6.54 Å². The molecule has 0 fully saturated rings. The first-order valence-electron chi connectivity index (χ1n) is 5.76. The van der Waals surface area contributed by atoms with Gasteiger partial charge in [-0.1, -0.05) is 44.2 Å². The molecule has 1 aromatic carbocycles. The van der Waals surface area contributed by atoms with Crippen molar-refractivity contribution in [2.45, 2.75) is 32.7 Å². The molecule has 1 atom stereocenters. The van der Waals surface area contributed by atoms with Crippen LogP contribution in [-0.4, -0.2) is 12.1 Å². The van der Waals surface area contributed by atoms with Crippen molar-refractivity contribution in [2.24, 2.45) is 5.92 Å². The lowest BCUT2D eigenvalue weighted by molar-refractivity contribution is 0.409. The van der Waals surface area contributed by atoms with Gasteiger partial charge in [-0.3, -0.25) is 5.32 Å². The van der Waals surface area contributed by atoms with Crippen LogP contribution in [-0.2, 0) is 6.42 Å². The van der Waals surface area contributed by atoms with E-state index in [1.165, 1.54) is 5.56 Å². The SMILES string of the molecule is CC(C)CNC(C)(C#N)Cc1ccccc1. The molecule has 2 nitrogen and oxygen atoms in total. The Morgan fingerprint density at radius 3 is 2.44 bits per heavy atom. The molecule has 0 aromatic heterocycles. The highest BCUT2D eigenvalue weighted by molar-refractivity contribution is 5.21. The predicted molar refractivity (Wildman–Crippen MR) is 67.0 cm³/mol. The van der Waals surface area contributed by atoms with Gasteiger partial charge in [0.1, 0.15) is 5.54 Å². The van der Waals surface area contributed by atoms with Gasteiger partial charge in [0.15, 0.2) is 0 Å². The Bertz CT molecular complexity index is 351. The third kappa shape index (κ3) is 4.04. The highest BCUT2D eigenvalue weighted by Crippen LogP contribution is 2.12. The van der Waals surface area contributed by atoms with Crippen molar-refractivity contribution in [1.82, 2.24) is 5.32 Å². The fourth-order valence-electron chi connectivity index (χ4n) is 1.58. The number of rotatable bonds is 5. The second-order valence-corrected chi connectivity index (χ2v) is 4.88. The van der Waals surface area contributed by atoms with Crippen LogP contribution >= 0.6 is 0 Å². The minimum atomic E-state index is -0.467. The monoisotopic (exact) mass is 216 g/mol. The van der Waals surface area contributed by atoms with Gasteiger partial charge in [0, 0.05) is 6.42 Å². The zero-order valence-corrected chi connectivity index (χ0v) is 10.3. The van der Waals surface area contributed by atoms with Gasteiger partial charge in [0.25, 0.3) is 0 Å². The van der Waals surface area contributed by atoms with Crippen molar-refractivity contribution in [3.8, 4) is 6.07 Å². The van der Waals surface area contributed by atoms with Crippen molar-refractivity contribution in [3.05, 3.63) is 35.9 Å². The summed E-state index contributed by atoms with van der Waals surface area (Å²) in [5, 5.41) is 12.6. The molecule has 1 rings (SSSR count). The summed E-state index contributed by atoms with van der Waals surface area (Å²) in [5.74, 6) is 0.559. The molecule has 1 aromatic rings. The van der Waals surface area contributed by atoms with Crippen molar-refractivity contribution in [3.63, 3.8) is 0 Å². The first-order valence-corrected chi connectivity index (χ1v) is 5.76. The molecule has 0 aliphatic carbocycles. The number of nitrogens with one attached hydrogen (secondary N) is 1.